The van der Waals surface area contributed by atoms with Crippen LogP contribution in [-0.2, 0) is 5.41 Å². The zero-order valence-corrected chi connectivity index (χ0v) is 14.5. The summed E-state index contributed by atoms with van der Waals surface area (Å²) in [6.07, 6.45) is 2.28. The molecule has 2 aromatic carbocycles. The van der Waals surface area contributed by atoms with E-state index in [2.05, 4.69) is 25.9 Å². The number of hydrogen-bond acceptors (Lipinski definition) is 3. The lowest BCUT2D eigenvalue weighted by Crippen LogP contribution is -2.22. The average Bonchev–Trinajstić information content (AvgIpc) is 2.54. The predicted octanol–water partition coefficient (Wildman–Crippen LogP) is 4.15. The third kappa shape index (κ3) is 2.74. The highest BCUT2D eigenvalue weighted by molar-refractivity contribution is 6.33. The Morgan fingerprint density at radius 1 is 1.17 bits per heavy atom. The molecule has 4 nitrogen and oxygen atoms in total. The van der Waals surface area contributed by atoms with Crippen molar-refractivity contribution in [1.82, 2.24) is 9.78 Å². The monoisotopic (exact) mass is 340 g/mol. The van der Waals surface area contributed by atoms with Gasteiger partial charge in [0.25, 0.3) is 5.56 Å². The quantitative estimate of drug-likeness (QED) is 0.658. The van der Waals surface area contributed by atoms with Gasteiger partial charge in [0.05, 0.1) is 27.9 Å². The number of hydrogen-bond donors (Lipinski definition) is 0. The van der Waals surface area contributed by atoms with Crippen molar-refractivity contribution in [2.45, 2.75) is 26.2 Å². The molecule has 3 rings (SSSR count). The molecule has 3 aromatic rings. The fourth-order valence-electron chi connectivity index (χ4n) is 2.62. The van der Waals surface area contributed by atoms with Gasteiger partial charge < -0.3 is 0 Å². The Hall–Kier alpha value is -2.46. The lowest BCUT2D eigenvalue weighted by molar-refractivity contribution is 0.112. The summed E-state index contributed by atoms with van der Waals surface area (Å²) in [5.74, 6) is 0. The molecule has 0 saturated carbocycles. The summed E-state index contributed by atoms with van der Waals surface area (Å²) in [7, 11) is 0. The number of benzene rings is 2. The molecule has 0 aliphatic rings. The molecule has 0 amide bonds. The van der Waals surface area contributed by atoms with Gasteiger partial charge >= 0.3 is 0 Å². The molecule has 0 spiro atoms. The lowest BCUT2D eigenvalue weighted by Gasteiger charge is -2.19. The first-order chi connectivity index (χ1) is 11.3. The van der Waals surface area contributed by atoms with Crippen LogP contribution < -0.4 is 5.56 Å². The van der Waals surface area contributed by atoms with E-state index >= 15 is 0 Å². The molecule has 0 fully saturated rings. The van der Waals surface area contributed by atoms with E-state index in [9.17, 15) is 9.59 Å². The summed E-state index contributed by atoms with van der Waals surface area (Å²) in [6, 6.07) is 10.7. The van der Waals surface area contributed by atoms with Crippen LogP contribution in [0.15, 0.2) is 47.4 Å². The van der Waals surface area contributed by atoms with Crippen molar-refractivity contribution in [1.29, 1.82) is 0 Å². The maximum absolute atomic E-state index is 12.8. The van der Waals surface area contributed by atoms with Crippen LogP contribution >= 0.6 is 11.6 Å². The van der Waals surface area contributed by atoms with E-state index in [4.69, 9.17) is 11.6 Å². The molecule has 0 saturated heterocycles. The highest BCUT2D eigenvalue weighted by Gasteiger charge is 2.16. The number of rotatable bonds is 2. The van der Waals surface area contributed by atoms with Crippen molar-refractivity contribution in [3.63, 3.8) is 0 Å². The van der Waals surface area contributed by atoms with Gasteiger partial charge in [0.1, 0.15) is 0 Å². The maximum Gasteiger partial charge on any atom is 0.279 e. The van der Waals surface area contributed by atoms with E-state index in [0.717, 1.165) is 10.9 Å². The molecule has 0 unspecified atom stereocenters. The molecule has 1 heterocycles. The zero-order valence-electron chi connectivity index (χ0n) is 13.7. The van der Waals surface area contributed by atoms with E-state index in [-0.39, 0.29) is 16.5 Å². The van der Waals surface area contributed by atoms with Crippen molar-refractivity contribution in [2.24, 2.45) is 0 Å². The summed E-state index contributed by atoms with van der Waals surface area (Å²) in [4.78, 5) is 24.1. The first-order valence-electron chi connectivity index (χ1n) is 7.59. The highest BCUT2D eigenvalue weighted by atomic mass is 35.5. The molecule has 0 N–H and O–H groups in total. The Morgan fingerprint density at radius 3 is 2.58 bits per heavy atom. The first kappa shape index (κ1) is 16.4. The second-order valence-electron chi connectivity index (χ2n) is 6.70. The average molecular weight is 341 g/mol. The van der Waals surface area contributed by atoms with Crippen LogP contribution in [0, 0.1) is 0 Å². The fraction of sp³-hybridized carbons (Fsp3) is 0.211. The van der Waals surface area contributed by atoms with E-state index in [1.165, 1.54) is 4.68 Å². The van der Waals surface area contributed by atoms with Gasteiger partial charge in [-0.05, 0) is 35.2 Å². The van der Waals surface area contributed by atoms with Crippen LogP contribution in [0.25, 0.3) is 16.5 Å². The Morgan fingerprint density at radius 2 is 1.92 bits per heavy atom. The van der Waals surface area contributed by atoms with Crippen LogP contribution in [0.1, 0.15) is 36.7 Å². The van der Waals surface area contributed by atoms with E-state index < -0.39 is 0 Å². The highest BCUT2D eigenvalue weighted by Crippen LogP contribution is 2.25. The van der Waals surface area contributed by atoms with Crippen molar-refractivity contribution in [2.75, 3.05) is 0 Å². The van der Waals surface area contributed by atoms with Gasteiger partial charge in [0.2, 0.25) is 0 Å². The molecular formula is C19H17ClN2O2. The van der Waals surface area contributed by atoms with E-state index in [0.29, 0.717) is 22.4 Å². The largest absolute Gasteiger partial charge is 0.298 e. The molecule has 0 radical (unpaired) electrons. The Labute approximate surface area is 144 Å². The Kier molecular flexibility index (Phi) is 4.01. The van der Waals surface area contributed by atoms with Gasteiger partial charge in [-0.1, -0.05) is 44.5 Å². The number of carbonyl (C=O) groups excluding carboxylic acids is 1. The molecule has 122 valence electrons. The van der Waals surface area contributed by atoms with Gasteiger partial charge in [-0.3, -0.25) is 9.59 Å². The van der Waals surface area contributed by atoms with Crippen LogP contribution in [0.3, 0.4) is 0 Å². The van der Waals surface area contributed by atoms with Gasteiger partial charge in [-0.25, -0.2) is 0 Å². The van der Waals surface area contributed by atoms with Crippen LogP contribution in [0.2, 0.25) is 5.02 Å². The summed E-state index contributed by atoms with van der Waals surface area (Å²) in [6.45, 7) is 6.35. The van der Waals surface area contributed by atoms with Gasteiger partial charge in [0.15, 0.2) is 6.29 Å². The standard InChI is InChI=1S/C19H17ClN2O2/c1-19(2,3)13-7-8-14-12(9-13)10-21-22(18(14)24)17-6-4-5-16(20)15(17)11-23/h4-11H,1-3H3. The summed E-state index contributed by atoms with van der Waals surface area (Å²) < 4.78 is 1.22. The lowest BCUT2D eigenvalue weighted by atomic mass is 9.86. The Bertz CT molecular complexity index is 1000. The van der Waals surface area contributed by atoms with Gasteiger partial charge in [-0.15, -0.1) is 0 Å². The van der Waals surface area contributed by atoms with Crippen molar-refractivity contribution in [3.05, 3.63) is 69.1 Å². The van der Waals surface area contributed by atoms with Crippen LogP contribution in [-0.4, -0.2) is 16.1 Å². The number of aldehydes is 1. The molecule has 1 aromatic heterocycles. The van der Waals surface area contributed by atoms with Gasteiger partial charge in [-0.2, -0.15) is 9.78 Å². The van der Waals surface area contributed by atoms with Gasteiger partial charge in [0, 0.05) is 5.39 Å². The molecule has 5 heteroatoms. The summed E-state index contributed by atoms with van der Waals surface area (Å²) >= 11 is 6.05. The molecule has 0 aliphatic carbocycles. The molecule has 0 aliphatic heterocycles. The minimum absolute atomic E-state index is 0.0132. The zero-order chi connectivity index (χ0) is 17.5. The van der Waals surface area contributed by atoms with E-state index in [1.54, 1.807) is 24.4 Å². The van der Waals surface area contributed by atoms with Crippen LogP contribution in [0.5, 0.6) is 0 Å². The number of fused-ring (bicyclic) bond motifs is 1. The molecule has 24 heavy (non-hydrogen) atoms. The van der Waals surface area contributed by atoms with Crippen molar-refractivity contribution < 1.29 is 4.79 Å². The third-order valence-corrected chi connectivity index (χ3v) is 4.36. The molecular weight excluding hydrogens is 324 g/mol. The van der Waals surface area contributed by atoms with Crippen molar-refractivity contribution >= 4 is 28.7 Å². The second-order valence-corrected chi connectivity index (χ2v) is 7.11. The normalized spacial score (nSPS) is 11.7. The number of carbonyl (C=O) groups is 1. The van der Waals surface area contributed by atoms with E-state index in [1.807, 2.05) is 18.2 Å². The molecule has 0 bridgehead atoms. The molecule has 0 atom stereocenters. The third-order valence-electron chi connectivity index (χ3n) is 4.03. The number of aromatic nitrogens is 2. The smallest absolute Gasteiger partial charge is 0.279 e. The predicted molar refractivity (Wildman–Crippen MR) is 96.4 cm³/mol. The second kappa shape index (κ2) is 5.87. The topological polar surface area (TPSA) is 52.0 Å². The Balaban J connectivity index is 2.26. The van der Waals surface area contributed by atoms with Crippen LogP contribution in [0.4, 0.5) is 0 Å². The minimum atomic E-state index is -0.279. The summed E-state index contributed by atoms with van der Waals surface area (Å²) in [5, 5.41) is 5.85. The first-order valence-corrected chi connectivity index (χ1v) is 7.97. The number of halogens is 1. The fourth-order valence-corrected chi connectivity index (χ4v) is 2.83. The number of nitrogens with zero attached hydrogens (tertiary/aromatic N) is 2. The maximum atomic E-state index is 12.8. The minimum Gasteiger partial charge on any atom is -0.298 e. The summed E-state index contributed by atoms with van der Waals surface area (Å²) in [5.41, 5.74) is 1.47. The SMILES string of the molecule is CC(C)(C)c1ccc2c(=O)n(-c3cccc(Cl)c3C=O)ncc2c1. The van der Waals surface area contributed by atoms with Crippen molar-refractivity contribution in [3.8, 4) is 5.69 Å².